The number of hydrogen-bond acceptors (Lipinski definition) is 7. The number of amides is 3. The number of ether oxygens (including phenoxy) is 1. The number of morpholine rings is 1. The number of anilines is 4. The molecule has 1 saturated heterocycles. The van der Waals surface area contributed by atoms with Crippen molar-refractivity contribution in [1.82, 2.24) is 14.9 Å². The van der Waals surface area contributed by atoms with E-state index >= 15 is 0 Å². The fraction of sp³-hybridized carbons (Fsp3) is 0.200. The number of urea groups is 1. The van der Waals surface area contributed by atoms with Crippen molar-refractivity contribution >= 4 is 72.3 Å². The molecule has 2 N–H and O–H groups in total. The molecule has 4 aromatic rings. The molecule has 2 aromatic carbocycles. The molecule has 0 radical (unpaired) electrons. The quantitative estimate of drug-likeness (QED) is 0.328. The molecule has 0 bridgehead atoms. The van der Waals surface area contributed by atoms with E-state index in [2.05, 4.69) is 41.4 Å². The van der Waals surface area contributed by atoms with Crippen LogP contribution in [0.4, 0.5) is 32.1 Å². The largest absolute Gasteiger partial charge is 0.379 e. The molecule has 37 heavy (non-hydrogen) atoms. The lowest BCUT2D eigenvalue weighted by Gasteiger charge is -2.27. The number of benzene rings is 2. The van der Waals surface area contributed by atoms with Crippen molar-refractivity contribution in [3.8, 4) is 0 Å². The predicted octanol–water partition coefficient (Wildman–Crippen LogP) is 5.36. The van der Waals surface area contributed by atoms with E-state index in [1.54, 1.807) is 0 Å². The number of aromatic nitrogens is 2. The van der Waals surface area contributed by atoms with Gasteiger partial charge in [0.15, 0.2) is 5.82 Å². The minimum absolute atomic E-state index is 0.218. The molecule has 2 aliphatic rings. The van der Waals surface area contributed by atoms with Crippen molar-refractivity contribution < 1.29 is 18.7 Å². The van der Waals surface area contributed by atoms with Gasteiger partial charge in [0.1, 0.15) is 21.9 Å². The number of nitrogens with one attached hydrogen (secondary N) is 2. The first-order valence-electron chi connectivity index (χ1n) is 11.5. The molecule has 2 aliphatic heterocycles. The maximum absolute atomic E-state index is 13.8. The van der Waals surface area contributed by atoms with Crippen LogP contribution in [0.25, 0.3) is 10.2 Å². The van der Waals surface area contributed by atoms with Gasteiger partial charge in [0, 0.05) is 25.3 Å². The van der Waals surface area contributed by atoms with Gasteiger partial charge in [-0.05, 0) is 51.8 Å². The van der Waals surface area contributed by atoms with Gasteiger partial charge in [0.25, 0.3) is 5.91 Å². The summed E-state index contributed by atoms with van der Waals surface area (Å²) in [5.74, 6) is -0.480. The number of thiophene rings is 1. The van der Waals surface area contributed by atoms with E-state index in [1.165, 1.54) is 40.8 Å². The number of carbonyl (C=O) groups excluding carboxylic acids is 2. The van der Waals surface area contributed by atoms with Gasteiger partial charge in [0.2, 0.25) is 0 Å². The summed E-state index contributed by atoms with van der Waals surface area (Å²) in [6.07, 6.45) is 1.34. The SMILES string of the molecule is O=C(Nc1ccc(CN2CCOCC2)cc1)c1sc2ncnc3c2c1NC(=O)N3c1ccc(F)c(Br)c1. The van der Waals surface area contributed by atoms with E-state index < -0.39 is 11.8 Å². The van der Waals surface area contributed by atoms with Crippen molar-refractivity contribution in [3.05, 3.63) is 69.5 Å². The molecule has 188 valence electrons. The molecule has 0 aliphatic carbocycles. The number of rotatable bonds is 5. The molecule has 2 aromatic heterocycles. The van der Waals surface area contributed by atoms with Crippen molar-refractivity contribution in [3.63, 3.8) is 0 Å². The highest BCUT2D eigenvalue weighted by molar-refractivity contribution is 9.10. The van der Waals surface area contributed by atoms with Gasteiger partial charge in [-0.25, -0.2) is 24.1 Å². The second kappa shape index (κ2) is 9.78. The summed E-state index contributed by atoms with van der Waals surface area (Å²) in [5.41, 5.74) is 2.58. The lowest BCUT2D eigenvalue weighted by molar-refractivity contribution is 0.0342. The molecular weight excluding hydrogens is 563 g/mol. The Labute approximate surface area is 223 Å². The molecule has 9 nitrogen and oxygen atoms in total. The van der Waals surface area contributed by atoms with Crippen LogP contribution in [0.5, 0.6) is 0 Å². The average Bonchev–Trinajstić information content (AvgIpc) is 3.27. The summed E-state index contributed by atoms with van der Waals surface area (Å²) in [7, 11) is 0. The average molecular weight is 583 g/mol. The normalized spacial score (nSPS) is 15.6. The van der Waals surface area contributed by atoms with Crippen LogP contribution in [0.2, 0.25) is 0 Å². The van der Waals surface area contributed by atoms with E-state index in [4.69, 9.17) is 4.74 Å². The molecule has 12 heteroatoms. The van der Waals surface area contributed by atoms with Gasteiger partial charge in [-0.1, -0.05) is 12.1 Å². The summed E-state index contributed by atoms with van der Waals surface area (Å²) in [5, 5.41) is 6.28. The molecule has 1 fully saturated rings. The molecule has 0 saturated carbocycles. The molecule has 4 heterocycles. The standard InChI is InChI=1S/C25H20BrFN6O3S/c26-17-11-16(5-6-18(17)27)33-22-19-20(31-25(33)35)21(37-24(19)29-13-28-22)23(34)30-15-3-1-14(2-4-15)12-32-7-9-36-10-8-32/h1-6,11,13H,7-10,12H2,(H,30,34)(H,31,35). The Bertz CT molecular complexity index is 1520. The highest BCUT2D eigenvalue weighted by atomic mass is 79.9. The van der Waals surface area contributed by atoms with E-state index in [0.717, 1.165) is 38.4 Å². The third-order valence-electron chi connectivity index (χ3n) is 6.20. The minimum Gasteiger partial charge on any atom is -0.379 e. The van der Waals surface area contributed by atoms with Gasteiger partial charge in [-0.3, -0.25) is 9.69 Å². The highest BCUT2D eigenvalue weighted by Crippen LogP contribution is 2.45. The molecule has 3 amide bonds. The molecular formula is C25H20BrFN6O3S. The first-order valence-corrected chi connectivity index (χ1v) is 13.1. The Morgan fingerprint density at radius 2 is 1.95 bits per heavy atom. The Hall–Kier alpha value is -3.45. The predicted molar refractivity (Wildman–Crippen MR) is 143 cm³/mol. The maximum atomic E-state index is 13.8. The van der Waals surface area contributed by atoms with Crippen molar-refractivity contribution in [2.45, 2.75) is 6.54 Å². The maximum Gasteiger partial charge on any atom is 0.332 e. The van der Waals surface area contributed by atoms with E-state index in [-0.39, 0.29) is 10.4 Å². The Morgan fingerprint density at radius 1 is 1.16 bits per heavy atom. The van der Waals surface area contributed by atoms with E-state index in [1.807, 2.05) is 24.3 Å². The molecule has 0 unspecified atom stereocenters. The zero-order chi connectivity index (χ0) is 25.5. The molecule has 0 spiro atoms. The first kappa shape index (κ1) is 23.9. The van der Waals surface area contributed by atoms with Crippen molar-refractivity contribution in [2.75, 3.05) is 41.8 Å². The van der Waals surface area contributed by atoms with E-state index in [0.29, 0.717) is 38.0 Å². The lowest BCUT2D eigenvalue weighted by atomic mass is 10.1. The summed E-state index contributed by atoms with van der Waals surface area (Å²) in [6.45, 7) is 4.12. The summed E-state index contributed by atoms with van der Waals surface area (Å²) in [6, 6.07) is 11.5. The topological polar surface area (TPSA) is 99.7 Å². The number of halogens is 2. The van der Waals surface area contributed by atoms with Crippen LogP contribution in [0.1, 0.15) is 15.2 Å². The summed E-state index contributed by atoms with van der Waals surface area (Å²) < 4.78 is 19.4. The fourth-order valence-corrected chi connectivity index (χ4v) is 5.74. The zero-order valence-corrected chi connectivity index (χ0v) is 21.7. The van der Waals surface area contributed by atoms with Crippen LogP contribution in [-0.2, 0) is 11.3 Å². The van der Waals surface area contributed by atoms with Crippen LogP contribution in [0.15, 0.2) is 53.3 Å². The van der Waals surface area contributed by atoms with Gasteiger partial charge < -0.3 is 15.4 Å². The lowest BCUT2D eigenvalue weighted by Crippen LogP contribution is -2.35. The third kappa shape index (κ3) is 4.57. The number of carbonyl (C=O) groups is 2. The summed E-state index contributed by atoms with van der Waals surface area (Å²) >= 11 is 4.33. The minimum atomic E-state index is -0.508. The van der Waals surface area contributed by atoms with Gasteiger partial charge in [0.05, 0.1) is 34.4 Å². The molecule has 0 atom stereocenters. The highest BCUT2D eigenvalue weighted by Gasteiger charge is 2.34. The Kier molecular flexibility index (Phi) is 6.32. The van der Waals surface area contributed by atoms with Crippen LogP contribution in [-0.4, -0.2) is 53.1 Å². The first-order chi connectivity index (χ1) is 18.0. The van der Waals surface area contributed by atoms with Gasteiger partial charge in [-0.15, -0.1) is 11.3 Å². The Balaban J connectivity index is 1.27. The fourth-order valence-electron chi connectivity index (χ4n) is 4.39. The monoisotopic (exact) mass is 582 g/mol. The number of hydrogen-bond donors (Lipinski definition) is 2. The zero-order valence-electron chi connectivity index (χ0n) is 19.3. The smallest absolute Gasteiger partial charge is 0.332 e. The van der Waals surface area contributed by atoms with Crippen LogP contribution < -0.4 is 15.5 Å². The molecule has 6 rings (SSSR count). The van der Waals surface area contributed by atoms with Crippen LogP contribution in [0, 0.1) is 5.82 Å². The summed E-state index contributed by atoms with van der Waals surface area (Å²) in [4.78, 5) is 39.6. The van der Waals surface area contributed by atoms with Crippen LogP contribution >= 0.6 is 27.3 Å². The Morgan fingerprint density at radius 3 is 2.70 bits per heavy atom. The second-order valence-electron chi connectivity index (χ2n) is 8.59. The van der Waals surface area contributed by atoms with Crippen molar-refractivity contribution in [2.24, 2.45) is 0 Å². The third-order valence-corrected chi connectivity index (χ3v) is 7.91. The van der Waals surface area contributed by atoms with E-state index in [9.17, 15) is 14.0 Å². The van der Waals surface area contributed by atoms with Gasteiger partial charge >= 0.3 is 6.03 Å². The number of nitrogens with zero attached hydrogens (tertiary/aromatic N) is 4. The van der Waals surface area contributed by atoms with Crippen LogP contribution in [0.3, 0.4) is 0 Å². The second-order valence-corrected chi connectivity index (χ2v) is 10.4. The van der Waals surface area contributed by atoms with Gasteiger partial charge in [-0.2, -0.15) is 0 Å². The van der Waals surface area contributed by atoms with Crippen molar-refractivity contribution in [1.29, 1.82) is 0 Å².